The van der Waals surface area contributed by atoms with Gasteiger partial charge in [-0.3, -0.25) is 0 Å². The van der Waals surface area contributed by atoms with E-state index in [1.165, 1.54) is 21.9 Å². The molecule has 10 nitrogen and oxygen atoms in total. The van der Waals surface area contributed by atoms with E-state index in [0.717, 1.165) is 24.3 Å². The Bertz CT molecular complexity index is 1780. The normalized spacial score (nSPS) is 18.5. The van der Waals surface area contributed by atoms with Gasteiger partial charge in [-0.1, -0.05) is 58.8 Å². The van der Waals surface area contributed by atoms with E-state index < -0.39 is 47.5 Å². The molecule has 7 N–H and O–H groups in total. The first-order valence-corrected chi connectivity index (χ1v) is 15.8. The molecular weight excluding hydrogens is 656 g/mol. The van der Waals surface area contributed by atoms with Gasteiger partial charge in [-0.05, 0) is 84.3 Å². The van der Waals surface area contributed by atoms with Gasteiger partial charge in [0.2, 0.25) is 0 Å². The van der Waals surface area contributed by atoms with Gasteiger partial charge in [0.25, 0.3) is 0 Å². The summed E-state index contributed by atoms with van der Waals surface area (Å²) in [6, 6.07) is 18.2. The molecule has 0 radical (unpaired) electrons. The molecule has 2 amide bonds. The van der Waals surface area contributed by atoms with Crippen LogP contribution >= 0.6 is 0 Å². The number of benzene rings is 4. The van der Waals surface area contributed by atoms with E-state index >= 15 is 0 Å². The number of carbonyl (C=O) groups is 1. The van der Waals surface area contributed by atoms with Crippen LogP contribution in [0.1, 0.15) is 46.2 Å². The number of hydrogen-bond donors (Lipinski definition) is 5. The fraction of sp³-hybridized carbons (Fsp3) is 0.250. The van der Waals surface area contributed by atoms with E-state index in [1.807, 2.05) is 0 Å². The van der Waals surface area contributed by atoms with Crippen molar-refractivity contribution in [1.29, 1.82) is 0 Å². The van der Waals surface area contributed by atoms with Crippen LogP contribution in [0.25, 0.3) is 0 Å². The fourth-order valence-electron chi connectivity index (χ4n) is 6.28. The van der Waals surface area contributed by atoms with E-state index in [1.54, 1.807) is 48.5 Å². The number of hydrogen-bond acceptors (Lipinski definition) is 6. The van der Waals surface area contributed by atoms with Crippen molar-refractivity contribution < 1.29 is 37.9 Å². The molecule has 0 unspecified atom stereocenters. The number of nitrogens with two attached hydrogens (primary N) is 2. The van der Waals surface area contributed by atoms with Crippen LogP contribution in [0.15, 0.2) is 95.2 Å². The van der Waals surface area contributed by atoms with Crippen LogP contribution in [0.2, 0.25) is 0 Å². The van der Waals surface area contributed by atoms with Crippen molar-refractivity contribution in [3.05, 3.63) is 142 Å². The molecule has 1 aliphatic rings. The lowest BCUT2D eigenvalue weighted by Crippen LogP contribution is -2.65. The van der Waals surface area contributed by atoms with Gasteiger partial charge >= 0.3 is 6.03 Å². The highest BCUT2D eigenvalue weighted by Gasteiger charge is 2.45. The molecule has 0 aliphatic carbocycles. The van der Waals surface area contributed by atoms with Crippen molar-refractivity contribution >= 4 is 17.7 Å². The molecule has 262 valence electrons. The lowest BCUT2D eigenvalue weighted by Gasteiger charge is -2.49. The van der Waals surface area contributed by atoms with Crippen LogP contribution in [0, 0.1) is 23.3 Å². The SMILES string of the molecule is N/C(=N\O)c1cccc(CN2C(=O)N(Cc3cccc(/C(N)=N/O)c3)[C@H](CCc3ccc(F)c(F)c3)C(O)[C@H]2CCc2ccc(F)c(F)c2)c1. The first kappa shape index (κ1) is 35.7. The van der Waals surface area contributed by atoms with E-state index in [9.17, 15) is 37.9 Å². The van der Waals surface area contributed by atoms with E-state index in [-0.39, 0.29) is 50.4 Å². The Morgan fingerprint density at radius 1 is 0.620 bits per heavy atom. The molecule has 0 saturated carbocycles. The number of aliphatic hydroxyl groups excluding tert-OH is 1. The predicted molar refractivity (Wildman–Crippen MR) is 177 cm³/mol. The number of aryl methyl sites for hydroxylation is 2. The standard InChI is InChI=1S/C36H36F4N6O4/c37-27-11-7-21(17-29(27)39)9-13-31-33(47)32(14-10-22-8-12-28(38)30(40)18-22)46(20-24-4-2-6-26(16-24)35(42)44-50)36(48)45(31)19-23-3-1-5-25(15-23)34(41)43-49/h1-8,11-12,15-18,31-33,47,49-50H,9-10,13-14,19-20H2,(H2,41,43)(H2,42,44)/t31-,32-/m1/s1. The quantitative estimate of drug-likeness (QED) is 0.0449. The smallest absolute Gasteiger partial charge is 0.321 e. The largest absolute Gasteiger partial charge is 0.409 e. The predicted octanol–water partition coefficient (Wildman–Crippen LogP) is 5.23. The van der Waals surface area contributed by atoms with Crippen molar-refractivity contribution in [2.75, 3.05) is 0 Å². The highest BCUT2D eigenvalue weighted by atomic mass is 19.2. The Balaban J connectivity index is 1.53. The van der Waals surface area contributed by atoms with Crippen molar-refractivity contribution in [3.8, 4) is 0 Å². The second kappa shape index (κ2) is 15.7. The van der Waals surface area contributed by atoms with Gasteiger partial charge in [0.05, 0.1) is 18.2 Å². The summed E-state index contributed by atoms with van der Waals surface area (Å²) >= 11 is 0. The molecule has 0 spiro atoms. The molecule has 0 aromatic heterocycles. The minimum Gasteiger partial charge on any atom is -0.409 e. The van der Waals surface area contributed by atoms with Crippen LogP contribution in [0.5, 0.6) is 0 Å². The van der Waals surface area contributed by atoms with Gasteiger partial charge < -0.3 is 36.8 Å². The highest BCUT2D eigenvalue weighted by molar-refractivity contribution is 5.97. The third-order valence-electron chi connectivity index (χ3n) is 8.87. The maximum Gasteiger partial charge on any atom is 0.321 e. The number of aliphatic hydroxyl groups is 1. The molecule has 1 aliphatic heterocycles. The maximum atomic E-state index is 14.6. The van der Waals surface area contributed by atoms with Crippen LogP contribution in [-0.4, -0.2) is 61.2 Å². The van der Waals surface area contributed by atoms with Crippen LogP contribution < -0.4 is 11.5 Å². The van der Waals surface area contributed by atoms with Crippen LogP contribution in [0.4, 0.5) is 22.4 Å². The zero-order chi connectivity index (χ0) is 35.9. The van der Waals surface area contributed by atoms with Crippen LogP contribution in [0.3, 0.4) is 0 Å². The first-order chi connectivity index (χ1) is 24.0. The van der Waals surface area contributed by atoms with Crippen molar-refractivity contribution in [2.45, 2.75) is 57.0 Å². The molecule has 2 atom stereocenters. The maximum absolute atomic E-state index is 14.6. The summed E-state index contributed by atoms with van der Waals surface area (Å²) in [5.41, 5.74) is 14.5. The Morgan fingerprint density at radius 3 is 1.42 bits per heavy atom. The molecule has 1 heterocycles. The number of halogens is 4. The molecular formula is C36H36F4N6O4. The lowest BCUT2D eigenvalue weighted by molar-refractivity contribution is -0.0478. The second-order valence-electron chi connectivity index (χ2n) is 12.1. The number of nitrogens with zero attached hydrogens (tertiary/aromatic N) is 4. The molecule has 4 aromatic carbocycles. The van der Waals surface area contributed by atoms with Gasteiger partial charge in [0.15, 0.2) is 34.9 Å². The van der Waals surface area contributed by atoms with Gasteiger partial charge in [-0.15, -0.1) is 0 Å². The molecule has 0 bridgehead atoms. The van der Waals surface area contributed by atoms with Crippen molar-refractivity contribution in [1.82, 2.24) is 9.80 Å². The summed E-state index contributed by atoms with van der Waals surface area (Å²) in [6.45, 7) is -0.0249. The second-order valence-corrected chi connectivity index (χ2v) is 12.1. The number of oxime groups is 2. The monoisotopic (exact) mass is 692 g/mol. The molecule has 14 heteroatoms. The Labute approximate surface area is 285 Å². The number of carbonyl (C=O) groups excluding carboxylic acids is 1. The van der Waals surface area contributed by atoms with E-state index in [2.05, 4.69) is 10.3 Å². The zero-order valence-corrected chi connectivity index (χ0v) is 26.8. The van der Waals surface area contributed by atoms with E-state index in [0.29, 0.717) is 33.4 Å². The van der Waals surface area contributed by atoms with Gasteiger partial charge in [0.1, 0.15) is 0 Å². The summed E-state index contributed by atoms with van der Waals surface area (Å²) in [7, 11) is 0. The number of amidine groups is 2. The van der Waals surface area contributed by atoms with Crippen molar-refractivity contribution in [2.24, 2.45) is 21.8 Å². The summed E-state index contributed by atoms with van der Waals surface area (Å²) < 4.78 is 55.6. The number of amides is 2. The average Bonchev–Trinajstić information content (AvgIpc) is 3.12. The first-order valence-electron chi connectivity index (χ1n) is 15.8. The number of urea groups is 1. The van der Waals surface area contributed by atoms with Gasteiger partial charge in [-0.25, -0.2) is 22.4 Å². The van der Waals surface area contributed by atoms with Gasteiger partial charge in [-0.2, -0.15) is 0 Å². The molecule has 4 aromatic rings. The topological polar surface area (TPSA) is 161 Å². The summed E-state index contributed by atoms with van der Waals surface area (Å²) in [6.07, 6.45) is -0.517. The minimum atomic E-state index is -1.21. The van der Waals surface area contributed by atoms with E-state index in [4.69, 9.17) is 11.5 Å². The highest BCUT2D eigenvalue weighted by Crippen LogP contribution is 2.32. The molecule has 50 heavy (non-hydrogen) atoms. The third kappa shape index (κ3) is 8.14. The number of rotatable bonds is 12. The summed E-state index contributed by atoms with van der Waals surface area (Å²) in [4.78, 5) is 17.6. The van der Waals surface area contributed by atoms with Crippen molar-refractivity contribution in [3.63, 3.8) is 0 Å². The Kier molecular flexibility index (Phi) is 11.2. The molecule has 5 rings (SSSR count). The minimum absolute atomic E-state index is 0.0125. The molecule has 1 fully saturated rings. The summed E-state index contributed by atoms with van der Waals surface area (Å²) in [5, 5.41) is 36.6. The van der Waals surface area contributed by atoms with Gasteiger partial charge in [0, 0.05) is 24.2 Å². The zero-order valence-electron chi connectivity index (χ0n) is 26.8. The summed E-state index contributed by atoms with van der Waals surface area (Å²) in [5.74, 6) is -4.34. The fourth-order valence-corrected chi connectivity index (χ4v) is 6.28. The molecule has 1 saturated heterocycles. The average molecular weight is 693 g/mol. The lowest BCUT2D eigenvalue weighted by atomic mass is 9.88. The van der Waals surface area contributed by atoms with Crippen LogP contribution in [-0.2, 0) is 25.9 Å². The Morgan fingerprint density at radius 2 is 1.04 bits per heavy atom. The third-order valence-corrected chi connectivity index (χ3v) is 8.87. The Hall–Kier alpha value is -5.63.